The van der Waals surface area contributed by atoms with Crippen molar-refractivity contribution in [2.45, 2.75) is 64.6 Å². The Morgan fingerprint density at radius 3 is 2.77 bits per heavy atom. The van der Waals surface area contributed by atoms with Gasteiger partial charge in [0.05, 0.1) is 12.2 Å². The zero-order valence-corrected chi connectivity index (χ0v) is 18.6. The molecule has 2 aromatic rings. The highest BCUT2D eigenvalue weighted by molar-refractivity contribution is 7.15. The van der Waals surface area contributed by atoms with E-state index < -0.39 is 0 Å². The number of nitrogens with zero attached hydrogens (tertiary/aromatic N) is 3. The molecule has 0 bridgehead atoms. The Morgan fingerprint density at radius 1 is 1.23 bits per heavy atom. The third-order valence-electron chi connectivity index (χ3n) is 6.25. The molecule has 160 valence electrons. The van der Waals surface area contributed by atoms with Crippen molar-refractivity contribution in [3.8, 4) is 0 Å². The molecule has 2 fully saturated rings. The fourth-order valence-electron chi connectivity index (χ4n) is 4.76. The highest BCUT2D eigenvalue weighted by atomic mass is 32.1. The van der Waals surface area contributed by atoms with Gasteiger partial charge in [-0.05, 0) is 38.2 Å². The first-order valence-electron chi connectivity index (χ1n) is 10.9. The topological polar surface area (TPSA) is 65.5 Å². The van der Waals surface area contributed by atoms with Crippen LogP contribution in [-0.4, -0.2) is 51.8 Å². The minimum Gasteiger partial charge on any atom is -0.334 e. The molecular weight excluding hydrogens is 396 g/mol. The first-order valence-corrected chi connectivity index (χ1v) is 11.7. The van der Waals surface area contributed by atoms with Crippen LogP contribution in [-0.2, 0) is 22.6 Å². The first kappa shape index (κ1) is 21.0. The molecule has 1 aromatic heterocycles. The number of nitrogens with one attached hydrogen (secondary N) is 1. The molecule has 0 unspecified atom stereocenters. The molecule has 30 heavy (non-hydrogen) atoms. The van der Waals surface area contributed by atoms with E-state index in [-0.39, 0.29) is 23.9 Å². The second kappa shape index (κ2) is 9.27. The van der Waals surface area contributed by atoms with Gasteiger partial charge in [-0.25, -0.2) is 4.98 Å². The van der Waals surface area contributed by atoms with Gasteiger partial charge < -0.3 is 10.2 Å². The molecule has 0 radical (unpaired) electrons. The molecular formula is C23H30N4O2S. The van der Waals surface area contributed by atoms with Crippen LogP contribution in [0, 0.1) is 6.92 Å². The van der Waals surface area contributed by atoms with Crippen molar-refractivity contribution in [3.63, 3.8) is 0 Å². The number of aryl methyl sites for hydroxylation is 2. The summed E-state index contributed by atoms with van der Waals surface area (Å²) in [6.07, 6.45) is 4.24. The lowest BCUT2D eigenvalue weighted by molar-refractivity contribution is -0.133. The van der Waals surface area contributed by atoms with Gasteiger partial charge >= 0.3 is 0 Å². The SMILES string of the molecule is CCc1nc(NC(=O)CN2CC[C@@H]3[C@H]2CCCC(=O)N3Cc2ccccc2)sc1C. The van der Waals surface area contributed by atoms with Gasteiger partial charge in [0.1, 0.15) is 0 Å². The number of carbonyl (C=O) groups is 2. The highest BCUT2D eigenvalue weighted by Crippen LogP contribution is 2.32. The summed E-state index contributed by atoms with van der Waals surface area (Å²) in [5.41, 5.74) is 2.21. The van der Waals surface area contributed by atoms with E-state index in [0.717, 1.165) is 48.4 Å². The normalized spacial score (nSPS) is 22.1. The van der Waals surface area contributed by atoms with E-state index in [2.05, 4.69) is 39.2 Å². The Bertz CT molecular complexity index is 898. The van der Waals surface area contributed by atoms with E-state index in [0.29, 0.717) is 24.6 Å². The molecule has 2 saturated heterocycles. The maximum absolute atomic E-state index is 12.8. The summed E-state index contributed by atoms with van der Waals surface area (Å²) >= 11 is 1.54. The van der Waals surface area contributed by atoms with Crippen LogP contribution in [0.15, 0.2) is 30.3 Å². The van der Waals surface area contributed by atoms with Gasteiger partial charge in [-0.1, -0.05) is 37.3 Å². The van der Waals surface area contributed by atoms with E-state index in [9.17, 15) is 9.59 Å². The second-order valence-electron chi connectivity index (χ2n) is 8.22. The molecule has 2 amide bonds. The molecule has 2 atom stereocenters. The Balaban J connectivity index is 1.42. The molecule has 0 spiro atoms. The van der Waals surface area contributed by atoms with Crippen LogP contribution in [0.3, 0.4) is 0 Å². The van der Waals surface area contributed by atoms with Crippen LogP contribution in [0.5, 0.6) is 0 Å². The Labute approximate surface area is 182 Å². The molecule has 2 aliphatic heterocycles. The summed E-state index contributed by atoms with van der Waals surface area (Å²) < 4.78 is 0. The number of carbonyl (C=O) groups excluding carboxylic acids is 2. The number of fused-ring (bicyclic) bond motifs is 1. The minimum atomic E-state index is -0.0164. The van der Waals surface area contributed by atoms with E-state index in [4.69, 9.17) is 0 Å². The van der Waals surface area contributed by atoms with Gasteiger partial charge in [0.15, 0.2) is 5.13 Å². The van der Waals surface area contributed by atoms with E-state index in [1.807, 2.05) is 25.1 Å². The quantitative estimate of drug-likeness (QED) is 0.766. The van der Waals surface area contributed by atoms with Crippen LogP contribution in [0.1, 0.15) is 48.7 Å². The molecule has 1 N–H and O–H groups in total. The zero-order valence-electron chi connectivity index (χ0n) is 17.8. The van der Waals surface area contributed by atoms with Crippen LogP contribution in [0.4, 0.5) is 5.13 Å². The number of aromatic nitrogens is 1. The number of likely N-dealkylation sites (tertiary alicyclic amines) is 2. The zero-order chi connectivity index (χ0) is 21.1. The van der Waals surface area contributed by atoms with Gasteiger partial charge in [0.2, 0.25) is 11.8 Å². The minimum absolute atomic E-state index is 0.0164. The average molecular weight is 427 g/mol. The predicted octanol–water partition coefficient (Wildman–Crippen LogP) is 3.61. The van der Waals surface area contributed by atoms with Crippen molar-refractivity contribution in [1.82, 2.24) is 14.8 Å². The summed E-state index contributed by atoms with van der Waals surface area (Å²) in [6.45, 7) is 5.97. The number of hydrogen-bond donors (Lipinski definition) is 1. The van der Waals surface area contributed by atoms with Crippen molar-refractivity contribution in [3.05, 3.63) is 46.5 Å². The fraction of sp³-hybridized carbons (Fsp3) is 0.522. The Hall–Kier alpha value is -2.25. The molecule has 0 aliphatic carbocycles. The standard InChI is InChI=1S/C23H30N4O2S/c1-3-18-16(2)30-23(24-18)25-21(28)15-26-13-12-20-19(26)10-7-11-22(29)27(20)14-17-8-5-4-6-9-17/h4-6,8-9,19-20H,3,7,10-15H2,1-2H3,(H,24,25,28)/t19-,20-/m1/s1. The lowest BCUT2D eigenvalue weighted by atomic mass is 10.0. The van der Waals surface area contributed by atoms with E-state index >= 15 is 0 Å². The van der Waals surface area contributed by atoms with Crippen molar-refractivity contribution in [2.24, 2.45) is 0 Å². The molecule has 7 heteroatoms. The Kier molecular flexibility index (Phi) is 6.49. The second-order valence-corrected chi connectivity index (χ2v) is 9.42. The summed E-state index contributed by atoms with van der Waals surface area (Å²) in [5, 5.41) is 3.67. The number of anilines is 1. The summed E-state index contributed by atoms with van der Waals surface area (Å²) in [5.74, 6) is 0.222. The highest BCUT2D eigenvalue weighted by Gasteiger charge is 2.41. The molecule has 0 saturated carbocycles. The Morgan fingerprint density at radius 2 is 2.03 bits per heavy atom. The van der Waals surface area contributed by atoms with Gasteiger partial charge in [-0.2, -0.15) is 0 Å². The molecule has 1 aromatic carbocycles. The number of hydrogen-bond acceptors (Lipinski definition) is 5. The fourth-order valence-corrected chi connectivity index (χ4v) is 5.68. The molecule has 4 rings (SSSR count). The van der Waals surface area contributed by atoms with E-state index in [1.165, 1.54) is 11.3 Å². The van der Waals surface area contributed by atoms with Crippen molar-refractivity contribution in [2.75, 3.05) is 18.4 Å². The van der Waals surface area contributed by atoms with Crippen LogP contribution < -0.4 is 5.32 Å². The third kappa shape index (κ3) is 4.57. The number of rotatable bonds is 6. The van der Waals surface area contributed by atoms with Gasteiger partial charge in [0.25, 0.3) is 0 Å². The largest absolute Gasteiger partial charge is 0.334 e. The monoisotopic (exact) mass is 426 g/mol. The van der Waals surface area contributed by atoms with Crippen molar-refractivity contribution in [1.29, 1.82) is 0 Å². The summed E-state index contributed by atoms with van der Waals surface area (Å²) in [4.78, 5) is 35.5. The lowest BCUT2D eigenvalue weighted by Crippen LogP contribution is -2.47. The van der Waals surface area contributed by atoms with Crippen LogP contribution >= 0.6 is 11.3 Å². The maximum Gasteiger partial charge on any atom is 0.240 e. The first-order chi connectivity index (χ1) is 14.5. The number of thiazole rings is 1. The van der Waals surface area contributed by atoms with E-state index in [1.54, 1.807) is 0 Å². The number of amides is 2. The van der Waals surface area contributed by atoms with Crippen molar-refractivity contribution >= 4 is 28.3 Å². The van der Waals surface area contributed by atoms with Crippen LogP contribution in [0.2, 0.25) is 0 Å². The smallest absolute Gasteiger partial charge is 0.240 e. The van der Waals surface area contributed by atoms with Gasteiger partial charge in [-0.15, -0.1) is 11.3 Å². The van der Waals surface area contributed by atoms with Crippen LogP contribution in [0.25, 0.3) is 0 Å². The molecule has 6 nitrogen and oxygen atoms in total. The predicted molar refractivity (Wildman–Crippen MR) is 119 cm³/mol. The number of benzene rings is 1. The maximum atomic E-state index is 12.8. The molecule has 2 aliphatic rings. The van der Waals surface area contributed by atoms with Gasteiger partial charge in [-0.3, -0.25) is 14.5 Å². The summed E-state index contributed by atoms with van der Waals surface area (Å²) in [6, 6.07) is 10.6. The summed E-state index contributed by atoms with van der Waals surface area (Å²) in [7, 11) is 0. The lowest BCUT2D eigenvalue weighted by Gasteiger charge is -2.33. The van der Waals surface area contributed by atoms with Crippen molar-refractivity contribution < 1.29 is 9.59 Å². The third-order valence-corrected chi connectivity index (χ3v) is 7.18. The van der Waals surface area contributed by atoms with Gasteiger partial charge in [0, 0.05) is 36.5 Å². The average Bonchev–Trinajstić information content (AvgIpc) is 3.24. The molecule has 3 heterocycles.